The van der Waals surface area contributed by atoms with Crippen LogP contribution in [0.5, 0.6) is 11.5 Å². The third-order valence-corrected chi connectivity index (χ3v) is 10.9. The molecular formula is C46H29NOS. The molecule has 0 aliphatic carbocycles. The molecule has 0 saturated heterocycles. The van der Waals surface area contributed by atoms with Gasteiger partial charge in [-0.25, -0.2) is 0 Å². The highest BCUT2D eigenvalue weighted by molar-refractivity contribution is 7.26. The van der Waals surface area contributed by atoms with Crippen molar-refractivity contribution >= 4 is 59.3 Å². The molecule has 230 valence electrons. The molecule has 0 N–H and O–H groups in total. The van der Waals surface area contributed by atoms with Crippen molar-refractivity contribution in [3.8, 4) is 44.9 Å². The molecule has 10 rings (SSSR count). The normalized spacial score (nSPS) is 11.8. The highest BCUT2D eigenvalue weighted by atomic mass is 32.1. The fraction of sp³-hybridized carbons (Fsp3) is 0. The van der Waals surface area contributed by atoms with Crippen molar-refractivity contribution in [1.29, 1.82) is 0 Å². The molecule has 49 heavy (non-hydrogen) atoms. The summed E-state index contributed by atoms with van der Waals surface area (Å²) < 4.78 is 9.27. The van der Waals surface area contributed by atoms with Crippen molar-refractivity contribution in [1.82, 2.24) is 0 Å². The molecule has 1 aromatic heterocycles. The van der Waals surface area contributed by atoms with Crippen LogP contribution >= 0.6 is 11.3 Å². The van der Waals surface area contributed by atoms with Gasteiger partial charge in [-0.1, -0.05) is 133 Å². The van der Waals surface area contributed by atoms with Gasteiger partial charge in [-0.15, -0.1) is 11.3 Å². The number of hydrogen-bond acceptors (Lipinski definition) is 3. The van der Waals surface area contributed by atoms with E-state index in [4.69, 9.17) is 4.74 Å². The third kappa shape index (κ3) is 4.47. The molecule has 0 radical (unpaired) electrons. The number of anilines is 3. The van der Waals surface area contributed by atoms with Gasteiger partial charge >= 0.3 is 0 Å². The summed E-state index contributed by atoms with van der Waals surface area (Å²) in [6.45, 7) is 0. The molecule has 0 fully saturated rings. The summed E-state index contributed by atoms with van der Waals surface area (Å²) in [5.41, 5.74) is 10.2. The molecule has 0 atom stereocenters. The lowest BCUT2D eigenvalue weighted by molar-refractivity contribution is 0.488. The second-order valence-corrected chi connectivity index (χ2v) is 13.5. The van der Waals surface area contributed by atoms with E-state index < -0.39 is 0 Å². The van der Waals surface area contributed by atoms with Crippen molar-refractivity contribution in [3.05, 3.63) is 176 Å². The van der Waals surface area contributed by atoms with Gasteiger partial charge in [0.15, 0.2) is 0 Å². The molecule has 9 aromatic rings. The van der Waals surface area contributed by atoms with Gasteiger partial charge in [-0.2, -0.15) is 0 Å². The SMILES string of the molecule is c1ccc(-c2ccccc2N(c2ccc3c(c2)-c2c(ccc4ccccc24)Oc2ccccc2-3)c2cccc3c2sc2ccccc23)cc1. The van der Waals surface area contributed by atoms with Crippen LogP contribution in [0.4, 0.5) is 17.1 Å². The average Bonchev–Trinajstić information content (AvgIpc) is 3.48. The Bertz CT molecular complexity index is 2710. The van der Waals surface area contributed by atoms with Crippen molar-refractivity contribution < 1.29 is 4.74 Å². The van der Waals surface area contributed by atoms with Crippen LogP contribution in [0.2, 0.25) is 0 Å². The average molecular weight is 644 g/mol. The summed E-state index contributed by atoms with van der Waals surface area (Å²) in [5, 5.41) is 4.92. The monoisotopic (exact) mass is 643 g/mol. The lowest BCUT2D eigenvalue weighted by Gasteiger charge is -2.29. The van der Waals surface area contributed by atoms with Crippen molar-refractivity contribution in [2.45, 2.75) is 0 Å². The van der Waals surface area contributed by atoms with Crippen molar-refractivity contribution in [2.75, 3.05) is 4.90 Å². The van der Waals surface area contributed by atoms with Gasteiger partial charge in [-0.05, 0) is 69.9 Å². The summed E-state index contributed by atoms with van der Waals surface area (Å²) in [7, 11) is 0. The van der Waals surface area contributed by atoms with Crippen LogP contribution in [0.25, 0.3) is 64.3 Å². The Morgan fingerprint density at radius 2 is 1.14 bits per heavy atom. The maximum absolute atomic E-state index is 6.72. The number of para-hydroxylation sites is 2. The summed E-state index contributed by atoms with van der Waals surface area (Å²) >= 11 is 1.86. The van der Waals surface area contributed by atoms with Crippen molar-refractivity contribution in [2.24, 2.45) is 0 Å². The Morgan fingerprint density at radius 1 is 0.429 bits per heavy atom. The molecule has 2 heterocycles. The molecule has 8 aromatic carbocycles. The smallest absolute Gasteiger partial charge is 0.135 e. The Morgan fingerprint density at radius 3 is 2.06 bits per heavy atom. The second-order valence-electron chi connectivity index (χ2n) is 12.5. The van der Waals surface area contributed by atoms with Crippen LogP contribution in [-0.2, 0) is 0 Å². The summed E-state index contributed by atoms with van der Waals surface area (Å²) in [4.78, 5) is 2.46. The van der Waals surface area contributed by atoms with Gasteiger partial charge in [0.25, 0.3) is 0 Å². The van der Waals surface area contributed by atoms with Crippen LogP contribution in [0, 0.1) is 0 Å². The predicted octanol–water partition coefficient (Wildman–Crippen LogP) is 13.8. The number of rotatable bonds is 4. The number of thiophene rings is 1. The van der Waals surface area contributed by atoms with Crippen LogP contribution in [-0.4, -0.2) is 0 Å². The van der Waals surface area contributed by atoms with Gasteiger partial charge in [0.05, 0.1) is 16.1 Å². The molecule has 0 amide bonds. The molecule has 0 spiro atoms. The molecular weight excluding hydrogens is 615 g/mol. The van der Waals surface area contributed by atoms with E-state index in [1.54, 1.807) is 0 Å². The van der Waals surface area contributed by atoms with E-state index in [0.717, 1.165) is 50.8 Å². The first kappa shape index (κ1) is 27.9. The van der Waals surface area contributed by atoms with Gasteiger partial charge < -0.3 is 9.64 Å². The molecule has 1 aliphatic heterocycles. The number of nitrogens with zero attached hydrogens (tertiary/aromatic N) is 1. The Kier molecular flexibility index (Phi) is 6.39. The minimum absolute atomic E-state index is 0.866. The standard InChI is InChI=1S/C46H29NOS/c1-2-13-30(14-3-1)33-16-6-9-21-40(33)47(41-22-12-20-38-37-19-8-11-24-44(37)49-46(38)41)32-26-27-35-36-18-7-10-23-42(36)48-43-28-25-31-15-4-5-17-34(31)45(43)39(35)29-32/h1-29H. The molecule has 0 bridgehead atoms. The maximum Gasteiger partial charge on any atom is 0.135 e. The van der Waals surface area contributed by atoms with Crippen LogP contribution < -0.4 is 9.64 Å². The fourth-order valence-corrected chi connectivity index (χ4v) is 8.68. The number of benzene rings is 8. The maximum atomic E-state index is 6.72. The minimum atomic E-state index is 0.866. The third-order valence-electron chi connectivity index (χ3n) is 9.67. The van der Waals surface area contributed by atoms with Gasteiger partial charge in [0.2, 0.25) is 0 Å². The van der Waals surface area contributed by atoms with E-state index in [1.807, 2.05) is 17.4 Å². The Labute approximate surface area is 288 Å². The molecule has 1 aliphatic rings. The largest absolute Gasteiger partial charge is 0.456 e. The zero-order valence-corrected chi connectivity index (χ0v) is 27.3. The summed E-state index contributed by atoms with van der Waals surface area (Å²) in [5.74, 6) is 1.73. The Hall–Kier alpha value is -6.16. The van der Waals surface area contributed by atoms with Gasteiger partial charge in [0, 0.05) is 37.9 Å². The zero-order chi connectivity index (χ0) is 32.3. The second kappa shape index (κ2) is 11.2. The molecule has 3 heteroatoms. The summed E-state index contributed by atoms with van der Waals surface area (Å²) in [6.07, 6.45) is 0. The van der Waals surface area contributed by atoms with Gasteiger partial charge in [0.1, 0.15) is 11.5 Å². The predicted molar refractivity (Wildman–Crippen MR) is 208 cm³/mol. The van der Waals surface area contributed by atoms with Crippen molar-refractivity contribution in [3.63, 3.8) is 0 Å². The minimum Gasteiger partial charge on any atom is -0.456 e. The topological polar surface area (TPSA) is 12.5 Å². The number of ether oxygens (including phenoxy) is 1. The van der Waals surface area contributed by atoms with E-state index >= 15 is 0 Å². The van der Waals surface area contributed by atoms with E-state index in [0.29, 0.717) is 0 Å². The highest BCUT2D eigenvalue weighted by Crippen LogP contribution is 2.53. The van der Waals surface area contributed by atoms with Crippen LogP contribution in [0.1, 0.15) is 0 Å². The Balaban J connectivity index is 1.30. The molecule has 0 unspecified atom stereocenters. The zero-order valence-electron chi connectivity index (χ0n) is 26.5. The van der Waals surface area contributed by atoms with Gasteiger partial charge in [-0.3, -0.25) is 0 Å². The summed E-state index contributed by atoms with van der Waals surface area (Å²) in [6, 6.07) is 63.2. The first-order valence-electron chi connectivity index (χ1n) is 16.6. The van der Waals surface area contributed by atoms with E-state index in [1.165, 1.54) is 42.1 Å². The lowest BCUT2D eigenvalue weighted by atomic mass is 9.90. The lowest BCUT2D eigenvalue weighted by Crippen LogP contribution is -2.11. The number of fused-ring (bicyclic) bond motifs is 10. The fourth-order valence-electron chi connectivity index (χ4n) is 7.47. The molecule has 2 nitrogen and oxygen atoms in total. The van der Waals surface area contributed by atoms with E-state index in [-0.39, 0.29) is 0 Å². The van der Waals surface area contributed by atoms with Crippen LogP contribution in [0.3, 0.4) is 0 Å². The van der Waals surface area contributed by atoms with E-state index in [9.17, 15) is 0 Å². The first-order valence-corrected chi connectivity index (χ1v) is 17.4. The molecule has 0 saturated carbocycles. The highest BCUT2D eigenvalue weighted by Gasteiger charge is 2.26. The number of hydrogen-bond donors (Lipinski definition) is 0. The van der Waals surface area contributed by atoms with E-state index in [2.05, 4.69) is 175 Å². The quantitative estimate of drug-likeness (QED) is 0.189. The van der Waals surface area contributed by atoms with Crippen LogP contribution in [0.15, 0.2) is 176 Å². The first-order chi connectivity index (χ1) is 24.3.